The summed E-state index contributed by atoms with van der Waals surface area (Å²) in [6.07, 6.45) is 1.52. The number of H-pyrrole nitrogens is 1. The molecule has 0 aliphatic heterocycles. The van der Waals surface area contributed by atoms with Crippen molar-refractivity contribution in [3.8, 4) is 0 Å². The van der Waals surface area contributed by atoms with Crippen LogP contribution in [0.5, 0.6) is 0 Å². The SMILES string of the molecule is Cc1nn(Cc2ccc(F)cc2)c(C)c1NC(=O)c1[nH]ncc1Br. The molecule has 0 unspecified atom stereocenters. The molecule has 6 nitrogen and oxygen atoms in total. The maximum atomic E-state index is 13.0. The van der Waals surface area contributed by atoms with Crippen molar-refractivity contribution in [1.29, 1.82) is 0 Å². The zero-order valence-electron chi connectivity index (χ0n) is 13.1. The van der Waals surface area contributed by atoms with Gasteiger partial charge in [-0.1, -0.05) is 12.1 Å². The molecule has 0 fully saturated rings. The lowest BCUT2D eigenvalue weighted by molar-refractivity contribution is 0.102. The van der Waals surface area contributed by atoms with Crippen LogP contribution in [0.2, 0.25) is 0 Å². The highest BCUT2D eigenvalue weighted by molar-refractivity contribution is 9.10. The topological polar surface area (TPSA) is 75.6 Å². The number of carbonyl (C=O) groups is 1. The van der Waals surface area contributed by atoms with Crippen LogP contribution in [0.1, 0.15) is 27.4 Å². The van der Waals surface area contributed by atoms with Crippen molar-refractivity contribution in [2.24, 2.45) is 0 Å². The molecule has 1 aromatic carbocycles. The summed E-state index contributed by atoms with van der Waals surface area (Å²) in [7, 11) is 0. The molecule has 2 aromatic heterocycles. The molecule has 0 radical (unpaired) electrons. The van der Waals surface area contributed by atoms with Crippen LogP contribution in [0.25, 0.3) is 0 Å². The average molecular weight is 392 g/mol. The number of aromatic nitrogens is 4. The highest BCUT2D eigenvalue weighted by atomic mass is 79.9. The molecule has 0 atom stereocenters. The van der Waals surface area contributed by atoms with Gasteiger partial charge in [-0.25, -0.2) is 4.39 Å². The summed E-state index contributed by atoms with van der Waals surface area (Å²) >= 11 is 3.27. The van der Waals surface area contributed by atoms with Crippen molar-refractivity contribution in [2.45, 2.75) is 20.4 Å². The minimum Gasteiger partial charge on any atom is -0.317 e. The number of rotatable bonds is 4. The Balaban J connectivity index is 1.82. The Labute approximate surface area is 146 Å². The summed E-state index contributed by atoms with van der Waals surface area (Å²) < 4.78 is 15.4. The fourth-order valence-electron chi connectivity index (χ4n) is 2.40. The lowest BCUT2D eigenvalue weighted by Gasteiger charge is -2.07. The predicted molar refractivity (Wildman–Crippen MR) is 91.4 cm³/mol. The van der Waals surface area contributed by atoms with E-state index in [2.05, 4.69) is 36.5 Å². The summed E-state index contributed by atoms with van der Waals surface area (Å²) in [6.45, 7) is 4.20. The third-order valence-electron chi connectivity index (χ3n) is 3.69. The van der Waals surface area contributed by atoms with E-state index in [9.17, 15) is 9.18 Å². The summed E-state index contributed by atoms with van der Waals surface area (Å²) in [5, 5.41) is 13.8. The second-order valence-corrected chi connectivity index (χ2v) is 6.23. The Morgan fingerprint density at radius 2 is 2.04 bits per heavy atom. The normalized spacial score (nSPS) is 10.8. The van der Waals surface area contributed by atoms with Gasteiger partial charge in [0.2, 0.25) is 0 Å². The van der Waals surface area contributed by atoms with Crippen LogP contribution < -0.4 is 5.32 Å². The maximum absolute atomic E-state index is 13.0. The van der Waals surface area contributed by atoms with Crippen molar-refractivity contribution in [3.05, 3.63) is 63.4 Å². The number of anilines is 1. The van der Waals surface area contributed by atoms with Gasteiger partial charge in [-0.05, 0) is 47.5 Å². The van der Waals surface area contributed by atoms with E-state index in [0.717, 1.165) is 11.3 Å². The fourth-order valence-corrected chi connectivity index (χ4v) is 2.77. The first-order chi connectivity index (χ1) is 11.5. The van der Waals surface area contributed by atoms with Crippen molar-refractivity contribution in [1.82, 2.24) is 20.0 Å². The number of aryl methyl sites for hydroxylation is 1. The number of hydrogen-bond acceptors (Lipinski definition) is 3. The molecule has 124 valence electrons. The molecule has 1 amide bonds. The number of benzene rings is 1. The highest BCUT2D eigenvalue weighted by Gasteiger charge is 2.18. The summed E-state index contributed by atoms with van der Waals surface area (Å²) in [4.78, 5) is 12.3. The molecule has 0 bridgehead atoms. The molecule has 2 heterocycles. The lowest BCUT2D eigenvalue weighted by atomic mass is 10.2. The van der Waals surface area contributed by atoms with E-state index < -0.39 is 0 Å². The highest BCUT2D eigenvalue weighted by Crippen LogP contribution is 2.22. The van der Waals surface area contributed by atoms with Crippen molar-refractivity contribution >= 4 is 27.5 Å². The Hall–Kier alpha value is -2.48. The average Bonchev–Trinajstić information content (AvgIpc) is 3.08. The molecule has 8 heteroatoms. The van der Waals surface area contributed by atoms with E-state index in [1.165, 1.54) is 18.3 Å². The second kappa shape index (κ2) is 6.56. The first-order valence-electron chi connectivity index (χ1n) is 7.24. The molecule has 2 N–H and O–H groups in total. The number of carbonyl (C=O) groups excluding carboxylic acids is 1. The smallest absolute Gasteiger partial charge is 0.274 e. The molecular weight excluding hydrogens is 377 g/mol. The van der Waals surface area contributed by atoms with Gasteiger partial charge in [0, 0.05) is 0 Å². The molecule has 0 saturated heterocycles. The first-order valence-corrected chi connectivity index (χ1v) is 8.03. The largest absolute Gasteiger partial charge is 0.317 e. The van der Waals surface area contributed by atoms with Gasteiger partial charge in [0.05, 0.1) is 34.3 Å². The number of aromatic amines is 1. The number of nitrogens with one attached hydrogen (secondary N) is 2. The molecule has 3 rings (SSSR count). The second-order valence-electron chi connectivity index (χ2n) is 5.38. The van der Waals surface area contributed by atoms with Gasteiger partial charge in [0.1, 0.15) is 11.5 Å². The van der Waals surface area contributed by atoms with Gasteiger partial charge in [-0.3, -0.25) is 14.6 Å². The number of nitrogens with zero attached hydrogens (tertiary/aromatic N) is 3. The summed E-state index contributed by atoms with van der Waals surface area (Å²) in [6, 6.07) is 6.26. The molecule has 24 heavy (non-hydrogen) atoms. The zero-order chi connectivity index (χ0) is 17.3. The van der Waals surface area contributed by atoms with E-state index in [1.54, 1.807) is 16.8 Å². The number of hydrogen-bond donors (Lipinski definition) is 2. The van der Waals surface area contributed by atoms with E-state index in [4.69, 9.17) is 0 Å². The third kappa shape index (κ3) is 3.23. The molecule has 0 aliphatic carbocycles. The lowest BCUT2D eigenvalue weighted by Crippen LogP contribution is -2.14. The van der Waals surface area contributed by atoms with Gasteiger partial charge in [-0.15, -0.1) is 0 Å². The first kappa shape index (κ1) is 16.4. The van der Waals surface area contributed by atoms with Gasteiger partial charge in [-0.2, -0.15) is 10.2 Å². The van der Waals surface area contributed by atoms with Crippen molar-refractivity contribution in [3.63, 3.8) is 0 Å². The monoisotopic (exact) mass is 391 g/mol. The van der Waals surface area contributed by atoms with Crippen LogP contribution in [-0.4, -0.2) is 25.9 Å². The van der Waals surface area contributed by atoms with Crippen molar-refractivity contribution < 1.29 is 9.18 Å². The minimum atomic E-state index is -0.299. The predicted octanol–water partition coefficient (Wildman–Crippen LogP) is 3.43. The van der Waals surface area contributed by atoms with Crippen LogP contribution in [0.4, 0.5) is 10.1 Å². The zero-order valence-corrected chi connectivity index (χ0v) is 14.7. The van der Waals surface area contributed by atoms with E-state index >= 15 is 0 Å². The summed E-state index contributed by atoms with van der Waals surface area (Å²) in [5.41, 5.74) is 3.46. The van der Waals surface area contributed by atoms with Gasteiger partial charge in [0.15, 0.2) is 0 Å². The van der Waals surface area contributed by atoms with E-state index in [-0.39, 0.29) is 11.7 Å². The molecule has 3 aromatic rings. The van der Waals surface area contributed by atoms with Crippen LogP contribution >= 0.6 is 15.9 Å². The fraction of sp³-hybridized carbons (Fsp3) is 0.188. The molecule has 0 spiro atoms. The van der Waals surface area contributed by atoms with Crippen LogP contribution in [0, 0.1) is 19.7 Å². The van der Waals surface area contributed by atoms with E-state index in [1.807, 2.05) is 13.8 Å². The van der Waals surface area contributed by atoms with Gasteiger partial charge >= 0.3 is 0 Å². The Morgan fingerprint density at radius 3 is 2.67 bits per heavy atom. The minimum absolute atomic E-state index is 0.273. The standard InChI is InChI=1S/C16H15BrFN5O/c1-9-14(20-16(24)15-13(17)7-19-21-15)10(2)23(22-9)8-11-3-5-12(18)6-4-11/h3-7H,8H2,1-2H3,(H,19,21)(H,20,24). The Morgan fingerprint density at radius 1 is 1.33 bits per heavy atom. The van der Waals surface area contributed by atoms with Gasteiger partial charge < -0.3 is 5.32 Å². The third-order valence-corrected chi connectivity index (χ3v) is 4.29. The van der Waals surface area contributed by atoms with Crippen LogP contribution in [0.15, 0.2) is 34.9 Å². The Kier molecular flexibility index (Phi) is 4.48. The van der Waals surface area contributed by atoms with E-state index in [0.29, 0.717) is 28.1 Å². The van der Waals surface area contributed by atoms with Crippen LogP contribution in [0.3, 0.4) is 0 Å². The quantitative estimate of drug-likeness (QED) is 0.715. The maximum Gasteiger partial charge on any atom is 0.274 e. The molecular formula is C16H15BrFN5O. The number of halogens is 2. The van der Waals surface area contributed by atoms with Crippen molar-refractivity contribution in [2.75, 3.05) is 5.32 Å². The molecule has 0 aliphatic rings. The Bertz CT molecular complexity index is 885. The number of amides is 1. The molecule has 0 saturated carbocycles. The van der Waals surface area contributed by atoms with Crippen LogP contribution in [-0.2, 0) is 6.54 Å². The van der Waals surface area contributed by atoms with Gasteiger partial charge in [0.25, 0.3) is 5.91 Å². The summed E-state index contributed by atoms with van der Waals surface area (Å²) in [5.74, 6) is -0.572.